The molecule has 0 aromatic carbocycles. The Bertz CT molecular complexity index is 337. The Balaban J connectivity index is 2.47. The molecule has 82 valence electrons. The summed E-state index contributed by atoms with van der Waals surface area (Å²) in [5.74, 6) is 0. The molecule has 0 unspecified atom stereocenters. The van der Waals surface area contributed by atoms with Crippen LogP contribution in [0.25, 0.3) is 0 Å². The molecular weight excluding hydrogens is 192 g/mol. The van der Waals surface area contributed by atoms with E-state index in [1.165, 1.54) is 0 Å². The van der Waals surface area contributed by atoms with Crippen LogP contribution in [0.2, 0.25) is 0 Å². The van der Waals surface area contributed by atoms with E-state index in [1.54, 1.807) is 11.8 Å². The minimum atomic E-state index is -0.458. The number of allylic oxidation sites excluding steroid dienone is 1. The van der Waals surface area contributed by atoms with Crippen molar-refractivity contribution in [1.29, 1.82) is 5.26 Å². The Hall–Kier alpha value is -1.50. The second-order valence-corrected chi connectivity index (χ2v) is 4.68. The molecule has 0 N–H and O–H groups in total. The number of nitrogens with zero attached hydrogens (tertiary/aromatic N) is 2. The largest absolute Gasteiger partial charge is 0.444 e. The third kappa shape index (κ3) is 2.98. The zero-order valence-electron chi connectivity index (χ0n) is 9.63. The molecule has 1 heterocycles. The molecule has 0 radical (unpaired) electrons. The second kappa shape index (κ2) is 3.93. The lowest BCUT2D eigenvalue weighted by atomic mass is 10.0. The molecule has 1 rings (SSSR count). The molecule has 0 aromatic heterocycles. The fraction of sp³-hybridized carbons (Fsp3) is 0.636. The fourth-order valence-corrected chi connectivity index (χ4v) is 1.19. The molecule has 0 bridgehead atoms. The van der Waals surface area contributed by atoms with E-state index in [2.05, 4.69) is 6.07 Å². The first kappa shape index (κ1) is 11.6. The van der Waals surface area contributed by atoms with Crippen LogP contribution in [-0.4, -0.2) is 29.7 Å². The van der Waals surface area contributed by atoms with Crippen molar-refractivity contribution < 1.29 is 9.53 Å². The minimum absolute atomic E-state index is 0.308. The summed E-state index contributed by atoms with van der Waals surface area (Å²) in [7, 11) is 0. The number of carbonyl (C=O) groups is 1. The van der Waals surface area contributed by atoms with Crippen molar-refractivity contribution in [1.82, 2.24) is 4.90 Å². The molecule has 1 amide bonds. The van der Waals surface area contributed by atoms with Crippen LogP contribution in [0.3, 0.4) is 0 Å². The van der Waals surface area contributed by atoms with E-state index in [0.29, 0.717) is 18.7 Å². The summed E-state index contributed by atoms with van der Waals surface area (Å²) in [5.41, 5.74) is 1.26. The van der Waals surface area contributed by atoms with E-state index < -0.39 is 5.60 Å². The average Bonchev–Trinajstić information content (AvgIpc) is 1.97. The van der Waals surface area contributed by atoms with Crippen molar-refractivity contribution >= 4 is 6.09 Å². The fourth-order valence-electron chi connectivity index (χ4n) is 1.19. The first-order valence-corrected chi connectivity index (χ1v) is 4.90. The van der Waals surface area contributed by atoms with Gasteiger partial charge in [0.2, 0.25) is 0 Å². The number of hydrogen-bond acceptors (Lipinski definition) is 3. The van der Waals surface area contributed by atoms with E-state index in [0.717, 1.165) is 5.57 Å². The number of carbonyl (C=O) groups excluding carboxylic acids is 1. The molecule has 0 atom stereocenters. The maximum Gasteiger partial charge on any atom is 0.410 e. The summed E-state index contributed by atoms with van der Waals surface area (Å²) >= 11 is 0. The van der Waals surface area contributed by atoms with Gasteiger partial charge in [-0.15, -0.1) is 0 Å². The van der Waals surface area contributed by atoms with Gasteiger partial charge in [0.25, 0.3) is 0 Å². The van der Waals surface area contributed by atoms with Gasteiger partial charge in [-0.2, -0.15) is 5.26 Å². The van der Waals surface area contributed by atoms with Gasteiger partial charge in [-0.25, -0.2) is 4.79 Å². The van der Waals surface area contributed by atoms with Gasteiger partial charge < -0.3 is 4.74 Å². The number of nitriles is 1. The van der Waals surface area contributed by atoms with Gasteiger partial charge in [0.05, 0.1) is 6.07 Å². The zero-order chi connectivity index (χ0) is 11.6. The zero-order valence-corrected chi connectivity index (χ0v) is 9.63. The van der Waals surface area contributed by atoms with Gasteiger partial charge in [-0.3, -0.25) is 4.90 Å². The lowest BCUT2D eigenvalue weighted by Crippen LogP contribution is -2.47. The summed E-state index contributed by atoms with van der Waals surface area (Å²) in [6.07, 6.45) is -0.308. The molecule has 1 aliphatic heterocycles. The molecule has 1 aliphatic rings. The Morgan fingerprint density at radius 2 is 2.00 bits per heavy atom. The van der Waals surface area contributed by atoms with Crippen LogP contribution in [0.4, 0.5) is 4.79 Å². The van der Waals surface area contributed by atoms with Gasteiger partial charge in [0.1, 0.15) is 5.60 Å². The lowest BCUT2D eigenvalue weighted by molar-refractivity contribution is 0.0213. The van der Waals surface area contributed by atoms with Crippen molar-refractivity contribution in [2.45, 2.75) is 33.3 Å². The van der Waals surface area contributed by atoms with Crippen LogP contribution in [0, 0.1) is 11.3 Å². The summed E-state index contributed by atoms with van der Waals surface area (Å²) in [6, 6.07) is 2.08. The minimum Gasteiger partial charge on any atom is -0.444 e. The van der Waals surface area contributed by atoms with Crippen molar-refractivity contribution in [3.05, 3.63) is 11.1 Å². The molecule has 0 spiro atoms. The second-order valence-electron chi connectivity index (χ2n) is 4.68. The highest BCUT2D eigenvalue weighted by Gasteiger charge is 2.30. The van der Waals surface area contributed by atoms with Crippen molar-refractivity contribution in [2.75, 3.05) is 13.1 Å². The molecule has 1 fully saturated rings. The van der Waals surface area contributed by atoms with Crippen LogP contribution in [0.1, 0.15) is 27.7 Å². The molecule has 15 heavy (non-hydrogen) atoms. The maximum absolute atomic E-state index is 11.5. The van der Waals surface area contributed by atoms with Crippen molar-refractivity contribution in [3.63, 3.8) is 0 Å². The molecule has 0 aliphatic carbocycles. The summed E-state index contributed by atoms with van der Waals surface area (Å²) in [6.45, 7) is 8.32. The van der Waals surface area contributed by atoms with Gasteiger partial charge >= 0.3 is 6.09 Å². The normalized spacial score (nSPS) is 15.4. The standard InChI is InChI=1S/C11H16N2O2/c1-8(5-12)9-6-13(7-9)10(14)15-11(2,3)4/h6-7H2,1-4H3. The summed E-state index contributed by atoms with van der Waals surface area (Å²) < 4.78 is 5.18. The highest BCUT2D eigenvalue weighted by molar-refractivity contribution is 5.71. The maximum atomic E-state index is 11.5. The third-order valence-corrected chi connectivity index (χ3v) is 2.11. The third-order valence-electron chi connectivity index (χ3n) is 2.11. The predicted octanol–water partition coefficient (Wildman–Crippen LogP) is 2.08. The van der Waals surface area contributed by atoms with Crippen LogP contribution in [0.5, 0.6) is 0 Å². The smallest absolute Gasteiger partial charge is 0.410 e. The van der Waals surface area contributed by atoms with E-state index in [-0.39, 0.29) is 6.09 Å². The van der Waals surface area contributed by atoms with E-state index in [1.807, 2.05) is 20.8 Å². The number of ether oxygens (including phenoxy) is 1. The van der Waals surface area contributed by atoms with Gasteiger partial charge in [-0.1, -0.05) is 0 Å². The van der Waals surface area contributed by atoms with Crippen LogP contribution in [0.15, 0.2) is 11.1 Å². The highest BCUT2D eigenvalue weighted by Crippen LogP contribution is 2.20. The van der Waals surface area contributed by atoms with Crippen LogP contribution < -0.4 is 0 Å². The lowest BCUT2D eigenvalue weighted by Gasteiger charge is -2.35. The van der Waals surface area contributed by atoms with Gasteiger partial charge in [0, 0.05) is 18.7 Å². The van der Waals surface area contributed by atoms with Crippen LogP contribution >= 0.6 is 0 Å². The van der Waals surface area contributed by atoms with Gasteiger partial charge in [-0.05, 0) is 33.3 Å². The van der Waals surface area contributed by atoms with Crippen LogP contribution in [-0.2, 0) is 4.74 Å². The van der Waals surface area contributed by atoms with Crippen molar-refractivity contribution in [3.8, 4) is 6.07 Å². The highest BCUT2D eigenvalue weighted by atomic mass is 16.6. The summed E-state index contributed by atoms with van der Waals surface area (Å²) in [4.78, 5) is 13.1. The van der Waals surface area contributed by atoms with E-state index in [9.17, 15) is 4.79 Å². The topological polar surface area (TPSA) is 53.3 Å². The SMILES string of the molecule is CC(C#N)=C1CN(C(=O)OC(C)(C)C)C1. The molecule has 0 aromatic rings. The molecular formula is C11H16N2O2. The van der Waals surface area contributed by atoms with E-state index in [4.69, 9.17) is 10.00 Å². The quantitative estimate of drug-likeness (QED) is 0.573. The molecule has 4 nitrogen and oxygen atoms in total. The monoisotopic (exact) mass is 208 g/mol. The van der Waals surface area contributed by atoms with Crippen molar-refractivity contribution in [2.24, 2.45) is 0 Å². The van der Waals surface area contributed by atoms with Gasteiger partial charge in [0.15, 0.2) is 0 Å². The predicted molar refractivity (Wildman–Crippen MR) is 56.1 cm³/mol. The Labute approximate surface area is 90.1 Å². The first-order valence-electron chi connectivity index (χ1n) is 4.90. The number of hydrogen-bond donors (Lipinski definition) is 0. The first-order chi connectivity index (χ1) is 6.83. The van der Waals surface area contributed by atoms with E-state index >= 15 is 0 Å². The number of rotatable bonds is 0. The molecule has 1 saturated heterocycles. The Morgan fingerprint density at radius 1 is 1.47 bits per heavy atom. The number of likely N-dealkylation sites (tertiary alicyclic amines) is 1. The Kier molecular flexibility index (Phi) is 3.04. The number of amides is 1. The molecule has 4 heteroatoms. The average molecular weight is 208 g/mol. The molecule has 0 saturated carbocycles. The Morgan fingerprint density at radius 3 is 2.40 bits per heavy atom. The summed E-state index contributed by atoms with van der Waals surface area (Å²) in [5, 5.41) is 8.64.